The molecular formula is C28H31N3O4S. The summed E-state index contributed by atoms with van der Waals surface area (Å²) in [4.78, 5) is 36.3. The van der Waals surface area contributed by atoms with E-state index in [0.29, 0.717) is 24.4 Å². The van der Waals surface area contributed by atoms with Crippen LogP contribution in [0.2, 0.25) is 0 Å². The maximum absolute atomic E-state index is 14.1. The second-order valence-corrected chi connectivity index (χ2v) is 9.55. The van der Waals surface area contributed by atoms with Gasteiger partial charge in [-0.3, -0.25) is 9.78 Å². The Balaban J connectivity index is 1.75. The Labute approximate surface area is 216 Å². The molecule has 4 rings (SSSR count). The minimum Gasteiger partial charge on any atom is -0.497 e. The number of likely N-dealkylation sites (N-methyl/N-ethyl adjacent to an activating group) is 1. The van der Waals surface area contributed by atoms with E-state index in [0.717, 1.165) is 29.2 Å². The molecule has 1 amide bonds. The third kappa shape index (κ3) is 5.71. The fraction of sp³-hybridized carbons (Fsp3) is 0.321. The third-order valence-electron chi connectivity index (χ3n) is 6.30. The van der Waals surface area contributed by atoms with E-state index in [9.17, 15) is 9.59 Å². The zero-order chi connectivity index (χ0) is 25.5. The smallest absolute Gasteiger partial charge is 0.340 e. The Bertz CT molecular complexity index is 1170. The molecule has 8 heteroatoms. The summed E-state index contributed by atoms with van der Waals surface area (Å²) >= 11 is 1.53. The minimum absolute atomic E-state index is 0.238. The number of methoxy groups -OCH3 is 1. The highest BCUT2D eigenvalue weighted by atomic mass is 32.2. The van der Waals surface area contributed by atoms with E-state index < -0.39 is 17.3 Å². The number of para-hydroxylation sites is 1. The van der Waals surface area contributed by atoms with Gasteiger partial charge in [0, 0.05) is 30.4 Å². The number of benzene rings is 2. The average molecular weight is 506 g/mol. The van der Waals surface area contributed by atoms with Crippen molar-refractivity contribution in [1.82, 2.24) is 9.88 Å². The summed E-state index contributed by atoms with van der Waals surface area (Å²) in [5.41, 5.74) is 2.01. The van der Waals surface area contributed by atoms with Gasteiger partial charge in [-0.1, -0.05) is 38.1 Å². The van der Waals surface area contributed by atoms with Crippen LogP contribution in [-0.4, -0.2) is 61.2 Å². The van der Waals surface area contributed by atoms with E-state index >= 15 is 0 Å². The van der Waals surface area contributed by atoms with E-state index in [2.05, 4.69) is 23.7 Å². The summed E-state index contributed by atoms with van der Waals surface area (Å²) in [5, 5.41) is -0.441. The summed E-state index contributed by atoms with van der Waals surface area (Å²) in [6.07, 6.45) is 2.02. The van der Waals surface area contributed by atoms with Crippen molar-refractivity contribution in [3.63, 3.8) is 0 Å². The summed E-state index contributed by atoms with van der Waals surface area (Å²) < 4.78 is 11.3. The highest BCUT2D eigenvalue weighted by Crippen LogP contribution is 2.47. The molecule has 3 aromatic rings. The fourth-order valence-electron chi connectivity index (χ4n) is 4.21. The van der Waals surface area contributed by atoms with Crippen LogP contribution in [-0.2, 0) is 9.53 Å². The lowest BCUT2D eigenvalue weighted by Crippen LogP contribution is -2.46. The molecule has 0 spiro atoms. The first-order valence-corrected chi connectivity index (χ1v) is 13.0. The number of anilines is 1. The first-order chi connectivity index (χ1) is 17.5. The van der Waals surface area contributed by atoms with Gasteiger partial charge < -0.3 is 19.3 Å². The first-order valence-electron chi connectivity index (χ1n) is 12.1. The van der Waals surface area contributed by atoms with Crippen LogP contribution in [0, 0.1) is 0 Å². The van der Waals surface area contributed by atoms with Gasteiger partial charge in [0.25, 0.3) is 5.91 Å². The van der Waals surface area contributed by atoms with Crippen molar-refractivity contribution in [3.05, 3.63) is 84.2 Å². The van der Waals surface area contributed by atoms with E-state index in [-0.39, 0.29) is 5.91 Å². The van der Waals surface area contributed by atoms with Crippen LogP contribution in [0.4, 0.5) is 5.69 Å². The number of fused-ring (bicyclic) bond motifs is 1. The quantitative estimate of drug-likeness (QED) is 0.386. The number of esters is 1. The van der Waals surface area contributed by atoms with Crippen LogP contribution >= 0.6 is 11.8 Å². The van der Waals surface area contributed by atoms with Crippen molar-refractivity contribution in [2.45, 2.75) is 30.1 Å². The molecular weight excluding hydrogens is 474 g/mol. The molecule has 2 atom stereocenters. The fourth-order valence-corrected chi connectivity index (χ4v) is 5.53. The Kier molecular flexibility index (Phi) is 8.61. The molecule has 0 saturated carbocycles. The molecule has 2 aromatic carbocycles. The van der Waals surface area contributed by atoms with Gasteiger partial charge in [0.05, 0.1) is 23.6 Å². The molecule has 2 heterocycles. The topological polar surface area (TPSA) is 72.0 Å². The lowest BCUT2D eigenvalue weighted by atomic mass is 10.1. The van der Waals surface area contributed by atoms with Crippen molar-refractivity contribution >= 4 is 29.3 Å². The number of rotatable bonds is 9. The van der Waals surface area contributed by atoms with Gasteiger partial charge in [-0.25, -0.2) is 4.79 Å². The summed E-state index contributed by atoms with van der Waals surface area (Å²) in [6, 6.07) is 18.7. The number of hydrogen-bond donors (Lipinski definition) is 0. The van der Waals surface area contributed by atoms with Crippen molar-refractivity contribution in [1.29, 1.82) is 0 Å². The van der Waals surface area contributed by atoms with Crippen LogP contribution in [0.1, 0.15) is 35.0 Å². The molecule has 188 valence electrons. The molecule has 1 aliphatic heterocycles. The van der Waals surface area contributed by atoms with E-state index in [1.807, 2.05) is 48.5 Å². The molecule has 0 saturated heterocycles. The van der Waals surface area contributed by atoms with Crippen molar-refractivity contribution in [2.75, 3.05) is 38.2 Å². The van der Waals surface area contributed by atoms with Gasteiger partial charge in [-0.15, -0.1) is 11.8 Å². The molecule has 1 aromatic heterocycles. The SMILES string of the molecule is CCN(CC)CCN1C(=O)[C@H](OC(=O)c2cccnc2)[C@H](c2ccc(OC)cc2)Sc2ccccc21. The second-order valence-electron chi connectivity index (χ2n) is 8.36. The second kappa shape index (κ2) is 12.1. The number of hydrogen-bond acceptors (Lipinski definition) is 7. The molecule has 0 N–H and O–H groups in total. The summed E-state index contributed by atoms with van der Waals surface area (Å²) in [6.45, 7) is 7.21. The van der Waals surface area contributed by atoms with Crippen molar-refractivity contribution in [2.24, 2.45) is 0 Å². The number of carbonyl (C=O) groups is 2. The van der Waals surface area contributed by atoms with Gasteiger partial charge in [-0.2, -0.15) is 0 Å². The number of amides is 1. The zero-order valence-corrected chi connectivity index (χ0v) is 21.6. The van der Waals surface area contributed by atoms with Gasteiger partial charge in [0.1, 0.15) is 5.75 Å². The molecule has 0 unspecified atom stereocenters. The summed E-state index contributed by atoms with van der Waals surface area (Å²) in [5.74, 6) is -0.0956. The maximum Gasteiger partial charge on any atom is 0.340 e. The number of thioether (sulfide) groups is 1. The van der Waals surface area contributed by atoms with Gasteiger partial charge in [-0.05, 0) is 55.1 Å². The number of ether oxygens (including phenoxy) is 2. The van der Waals surface area contributed by atoms with Crippen LogP contribution < -0.4 is 9.64 Å². The van der Waals surface area contributed by atoms with Crippen molar-refractivity contribution in [3.8, 4) is 5.75 Å². The number of pyridine rings is 1. The maximum atomic E-state index is 14.1. The number of aromatic nitrogens is 1. The lowest BCUT2D eigenvalue weighted by Gasteiger charge is -2.29. The van der Waals surface area contributed by atoms with Crippen molar-refractivity contribution < 1.29 is 19.1 Å². The Hall–Kier alpha value is -3.36. The minimum atomic E-state index is -1.03. The van der Waals surface area contributed by atoms with Crippen LogP contribution in [0.15, 0.2) is 78.0 Å². The predicted molar refractivity (Wildman–Crippen MR) is 142 cm³/mol. The molecule has 0 bridgehead atoms. The van der Waals surface area contributed by atoms with Gasteiger partial charge >= 0.3 is 5.97 Å². The Morgan fingerprint density at radius 3 is 2.47 bits per heavy atom. The Morgan fingerprint density at radius 2 is 1.81 bits per heavy atom. The molecule has 7 nitrogen and oxygen atoms in total. The van der Waals surface area contributed by atoms with E-state index in [1.54, 1.807) is 30.3 Å². The molecule has 36 heavy (non-hydrogen) atoms. The van der Waals surface area contributed by atoms with Gasteiger partial charge in [0.2, 0.25) is 0 Å². The molecule has 0 aliphatic carbocycles. The van der Waals surface area contributed by atoms with Gasteiger partial charge in [0.15, 0.2) is 6.10 Å². The number of nitrogens with zero attached hydrogens (tertiary/aromatic N) is 3. The number of carbonyl (C=O) groups excluding carboxylic acids is 2. The highest BCUT2D eigenvalue weighted by Gasteiger charge is 2.41. The standard InChI is InChI=1S/C28H31N3O4S/c1-4-30(5-2)17-18-31-23-10-6-7-11-24(23)36-26(20-12-14-22(34-3)15-13-20)25(27(31)32)35-28(33)21-9-8-16-29-19-21/h6-16,19,25-26H,4-5,17-18H2,1-3H3/t25-,26+/m1/s1. The van der Waals surface area contributed by atoms with E-state index in [4.69, 9.17) is 9.47 Å². The normalized spacial score (nSPS) is 17.4. The summed E-state index contributed by atoms with van der Waals surface area (Å²) in [7, 11) is 1.61. The molecule has 0 fully saturated rings. The average Bonchev–Trinajstić information content (AvgIpc) is 3.04. The molecule has 0 radical (unpaired) electrons. The lowest BCUT2D eigenvalue weighted by molar-refractivity contribution is -0.127. The van der Waals surface area contributed by atoms with Crippen LogP contribution in [0.3, 0.4) is 0 Å². The Morgan fingerprint density at radius 1 is 1.06 bits per heavy atom. The van der Waals surface area contributed by atoms with Crippen LogP contribution in [0.25, 0.3) is 0 Å². The highest BCUT2D eigenvalue weighted by molar-refractivity contribution is 7.99. The largest absolute Gasteiger partial charge is 0.497 e. The zero-order valence-electron chi connectivity index (χ0n) is 20.8. The molecule has 1 aliphatic rings. The monoisotopic (exact) mass is 505 g/mol. The van der Waals surface area contributed by atoms with E-state index in [1.165, 1.54) is 18.0 Å². The predicted octanol–water partition coefficient (Wildman–Crippen LogP) is 4.84. The van der Waals surface area contributed by atoms with Crippen LogP contribution in [0.5, 0.6) is 5.75 Å². The first kappa shape index (κ1) is 25.7. The third-order valence-corrected chi connectivity index (χ3v) is 7.68.